The second-order valence-corrected chi connectivity index (χ2v) is 15.3. The van der Waals surface area contributed by atoms with E-state index in [1.165, 1.54) is 122 Å². The van der Waals surface area contributed by atoms with Crippen LogP contribution in [0.3, 0.4) is 0 Å². The van der Waals surface area contributed by atoms with Crippen LogP contribution in [0.5, 0.6) is 0 Å². The van der Waals surface area contributed by atoms with Gasteiger partial charge in [-0.25, -0.2) is 0 Å². The van der Waals surface area contributed by atoms with Gasteiger partial charge >= 0.3 is 11.9 Å². The number of amides is 1. The number of nitrogens with one attached hydrogen (secondary N) is 1. The number of aliphatic carboxylic acids is 1. The van der Waals surface area contributed by atoms with E-state index in [0.29, 0.717) is 12.8 Å². The van der Waals surface area contributed by atoms with Gasteiger partial charge in [-0.05, 0) is 96.3 Å². The monoisotopic (exact) mass is 744 g/mol. The summed E-state index contributed by atoms with van der Waals surface area (Å²) in [4.78, 5) is 35.1. The van der Waals surface area contributed by atoms with Crippen LogP contribution in [0.15, 0.2) is 36.5 Å². The predicted molar refractivity (Wildman–Crippen MR) is 226 cm³/mol. The highest BCUT2D eigenvalue weighted by atomic mass is 16.5. The number of allylic oxidation sites excluding steroid dienone is 6. The minimum atomic E-state index is -1.02. The maximum Gasteiger partial charge on any atom is 0.322 e. The Morgan fingerprint density at radius 1 is 0.491 bits per heavy atom. The van der Waals surface area contributed by atoms with Crippen LogP contribution in [0.2, 0.25) is 0 Å². The molecule has 0 fully saturated rings. The highest BCUT2D eigenvalue weighted by Gasteiger charge is 2.14. The molecular weight excluding hydrogens is 659 g/mol. The summed E-state index contributed by atoms with van der Waals surface area (Å²) in [5, 5.41) is 11.1. The lowest BCUT2D eigenvalue weighted by molar-refractivity contribution is -0.150. The van der Waals surface area contributed by atoms with Crippen LogP contribution in [-0.2, 0) is 19.1 Å². The van der Waals surface area contributed by atoms with Crippen LogP contribution in [0.1, 0.15) is 232 Å². The molecule has 6 nitrogen and oxygen atoms in total. The van der Waals surface area contributed by atoms with Crippen molar-refractivity contribution in [3.63, 3.8) is 0 Å². The van der Waals surface area contributed by atoms with Crippen molar-refractivity contribution >= 4 is 17.8 Å². The van der Waals surface area contributed by atoms with E-state index in [9.17, 15) is 14.4 Å². The number of ether oxygens (including phenoxy) is 1. The fourth-order valence-electron chi connectivity index (χ4n) is 6.66. The van der Waals surface area contributed by atoms with Crippen molar-refractivity contribution in [1.82, 2.24) is 5.32 Å². The van der Waals surface area contributed by atoms with Gasteiger partial charge in [-0.1, -0.05) is 159 Å². The zero-order valence-corrected chi connectivity index (χ0v) is 34.9. The van der Waals surface area contributed by atoms with Gasteiger partial charge in [0, 0.05) is 12.8 Å². The molecule has 2 N–H and O–H groups in total. The molecule has 1 unspecified atom stereocenters. The van der Waals surface area contributed by atoms with E-state index in [4.69, 9.17) is 9.84 Å². The largest absolute Gasteiger partial charge is 0.480 e. The number of carboxylic acid groups (broad SMARTS) is 1. The summed E-state index contributed by atoms with van der Waals surface area (Å²) >= 11 is 0. The predicted octanol–water partition coefficient (Wildman–Crippen LogP) is 14.1. The van der Waals surface area contributed by atoms with E-state index in [0.717, 1.165) is 83.5 Å². The van der Waals surface area contributed by atoms with Crippen LogP contribution in [0, 0.1) is 0 Å². The molecule has 0 spiro atoms. The maximum absolute atomic E-state index is 12.8. The molecule has 0 heterocycles. The SMILES string of the molecule is CCCCCCC/C=C\C/C=C\CCCCCC(CCCCCCCC(=O)NCC(=O)O)OC(=O)CCCCCCC/C=C\CCCCCCCCC. The Kier molecular flexibility index (Phi) is 40.5. The lowest BCUT2D eigenvalue weighted by Gasteiger charge is -2.18. The fourth-order valence-corrected chi connectivity index (χ4v) is 6.66. The van der Waals surface area contributed by atoms with Gasteiger partial charge < -0.3 is 15.2 Å². The normalized spacial score (nSPS) is 12.3. The van der Waals surface area contributed by atoms with E-state index < -0.39 is 5.97 Å². The molecule has 0 bridgehead atoms. The van der Waals surface area contributed by atoms with E-state index in [-0.39, 0.29) is 24.5 Å². The van der Waals surface area contributed by atoms with Gasteiger partial charge in [0.1, 0.15) is 12.6 Å². The topological polar surface area (TPSA) is 92.7 Å². The molecule has 0 aliphatic carbocycles. The molecule has 0 radical (unpaired) electrons. The first-order chi connectivity index (χ1) is 26.0. The number of esters is 1. The molecule has 0 aliphatic rings. The molecule has 0 aromatic heterocycles. The summed E-state index contributed by atoms with van der Waals surface area (Å²) in [7, 11) is 0. The Labute approximate surface area is 327 Å². The van der Waals surface area contributed by atoms with Crippen LogP contribution >= 0.6 is 0 Å². The van der Waals surface area contributed by atoms with Crippen molar-refractivity contribution in [2.45, 2.75) is 238 Å². The lowest BCUT2D eigenvalue weighted by atomic mass is 10.0. The Morgan fingerprint density at radius 2 is 0.868 bits per heavy atom. The summed E-state index contributed by atoms with van der Waals surface area (Å²) in [6.45, 7) is 4.22. The number of carbonyl (C=O) groups excluding carboxylic acids is 2. The summed E-state index contributed by atoms with van der Waals surface area (Å²) in [5.41, 5.74) is 0. The number of hydrogen-bond acceptors (Lipinski definition) is 4. The first-order valence-electron chi connectivity index (χ1n) is 22.6. The zero-order chi connectivity index (χ0) is 38.7. The fraction of sp³-hybridized carbons (Fsp3) is 0.809. The smallest absolute Gasteiger partial charge is 0.322 e. The third-order valence-corrected chi connectivity index (χ3v) is 10.0. The molecule has 1 atom stereocenters. The van der Waals surface area contributed by atoms with Gasteiger partial charge in [0.2, 0.25) is 5.91 Å². The average molecular weight is 744 g/mol. The van der Waals surface area contributed by atoms with E-state index in [2.05, 4.69) is 55.6 Å². The van der Waals surface area contributed by atoms with E-state index >= 15 is 0 Å². The summed E-state index contributed by atoms with van der Waals surface area (Å²) in [6, 6.07) is 0. The number of carboxylic acids is 1. The van der Waals surface area contributed by atoms with E-state index in [1.807, 2.05) is 0 Å². The van der Waals surface area contributed by atoms with Gasteiger partial charge in [-0.15, -0.1) is 0 Å². The maximum atomic E-state index is 12.8. The van der Waals surface area contributed by atoms with Crippen LogP contribution in [-0.4, -0.2) is 35.6 Å². The number of rotatable bonds is 41. The van der Waals surface area contributed by atoms with Crippen LogP contribution in [0.25, 0.3) is 0 Å². The second kappa shape index (κ2) is 42.4. The molecule has 0 aromatic carbocycles. The first-order valence-corrected chi connectivity index (χ1v) is 22.6. The van der Waals surface area contributed by atoms with Crippen molar-refractivity contribution < 1.29 is 24.2 Å². The quantitative estimate of drug-likeness (QED) is 0.0369. The Bertz CT molecular complexity index is 911. The highest BCUT2D eigenvalue weighted by molar-refractivity contribution is 5.80. The standard InChI is InChI=1S/C47H85NO5/c1-3-5-7-9-11-13-15-17-19-21-23-25-27-29-34-38-42-47(52)53-44(40-36-32-30-33-37-41-45(49)48-43-46(50)51)39-35-31-28-26-24-22-20-18-16-14-12-10-8-6-4-2/h16,18-19,21-22,24,44H,3-15,17,20,23,25-43H2,1-2H3,(H,48,49)(H,50,51)/b18-16-,21-19-,24-22-. The molecule has 0 saturated heterocycles. The third-order valence-electron chi connectivity index (χ3n) is 10.0. The molecule has 6 heteroatoms. The number of carbonyl (C=O) groups is 3. The average Bonchev–Trinajstić information content (AvgIpc) is 3.14. The Balaban J connectivity index is 4.23. The molecule has 53 heavy (non-hydrogen) atoms. The molecule has 0 aliphatic heterocycles. The van der Waals surface area contributed by atoms with Gasteiger partial charge in [0.15, 0.2) is 0 Å². The van der Waals surface area contributed by atoms with Gasteiger partial charge in [0.05, 0.1) is 0 Å². The molecule has 1 amide bonds. The molecule has 308 valence electrons. The van der Waals surface area contributed by atoms with Gasteiger partial charge in [0.25, 0.3) is 0 Å². The third kappa shape index (κ3) is 42.2. The van der Waals surface area contributed by atoms with Crippen molar-refractivity contribution in [3.05, 3.63) is 36.5 Å². The zero-order valence-electron chi connectivity index (χ0n) is 34.9. The Morgan fingerprint density at radius 3 is 1.34 bits per heavy atom. The van der Waals surface area contributed by atoms with Crippen molar-refractivity contribution in [2.75, 3.05) is 6.54 Å². The first kappa shape index (κ1) is 50.6. The molecular formula is C47H85NO5. The van der Waals surface area contributed by atoms with Crippen LogP contribution < -0.4 is 5.32 Å². The summed E-state index contributed by atoms with van der Waals surface area (Å²) in [6.07, 6.45) is 52.7. The van der Waals surface area contributed by atoms with Crippen molar-refractivity contribution in [2.24, 2.45) is 0 Å². The lowest BCUT2D eigenvalue weighted by Crippen LogP contribution is -2.28. The van der Waals surface area contributed by atoms with Gasteiger partial charge in [-0.3, -0.25) is 14.4 Å². The second-order valence-electron chi connectivity index (χ2n) is 15.3. The van der Waals surface area contributed by atoms with E-state index in [1.54, 1.807) is 0 Å². The number of unbranched alkanes of at least 4 members (excludes halogenated alkanes) is 24. The van der Waals surface area contributed by atoms with Crippen molar-refractivity contribution in [1.29, 1.82) is 0 Å². The molecule has 0 aromatic rings. The molecule has 0 rings (SSSR count). The minimum Gasteiger partial charge on any atom is -0.480 e. The summed E-state index contributed by atoms with van der Waals surface area (Å²) < 4.78 is 6.03. The minimum absolute atomic E-state index is 0.000191. The summed E-state index contributed by atoms with van der Waals surface area (Å²) in [5.74, 6) is -1.25. The van der Waals surface area contributed by atoms with Crippen molar-refractivity contribution in [3.8, 4) is 0 Å². The number of hydrogen-bond donors (Lipinski definition) is 2. The Hall–Kier alpha value is -2.37. The van der Waals surface area contributed by atoms with Gasteiger partial charge in [-0.2, -0.15) is 0 Å². The molecule has 0 saturated carbocycles. The highest BCUT2D eigenvalue weighted by Crippen LogP contribution is 2.18. The van der Waals surface area contributed by atoms with Crippen LogP contribution in [0.4, 0.5) is 0 Å².